The molecule has 0 saturated carbocycles. The van der Waals surface area contributed by atoms with Crippen molar-refractivity contribution < 1.29 is 27.6 Å². The average Bonchev–Trinajstić information content (AvgIpc) is 2.49. The third kappa shape index (κ3) is 3.11. The van der Waals surface area contributed by atoms with Gasteiger partial charge in [0.1, 0.15) is 12.4 Å². The van der Waals surface area contributed by atoms with Crippen molar-refractivity contribution >= 4 is 5.69 Å². The van der Waals surface area contributed by atoms with Crippen LogP contribution < -0.4 is 9.47 Å². The molecule has 8 heteroatoms. The Morgan fingerprint density at radius 1 is 1.14 bits per heavy atom. The van der Waals surface area contributed by atoms with E-state index >= 15 is 0 Å². The highest BCUT2D eigenvalue weighted by Gasteiger charge is 2.28. The van der Waals surface area contributed by atoms with Crippen molar-refractivity contribution in [2.24, 2.45) is 0 Å². The minimum absolute atomic E-state index is 0.169. The van der Waals surface area contributed by atoms with Crippen LogP contribution in [0.4, 0.5) is 18.9 Å². The van der Waals surface area contributed by atoms with Gasteiger partial charge in [0.25, 0.3) is 0 Å². The van der Waals surface area contributed by atoms with Crippen molar-refractivity contribution in [3.63, 3.8) is 0 Å². The molecule has 0 aliphatic carbocycles. The van der Waals surface area contributed by atoms with Gasteiger partial charge in [-0.3, -0.25) is 10.1 Å². The first-order valence-corrected chi connectivity index (χ1v) is 6.01. The highest BCUT2D eigenvalue weighted by molar-refractivity contribution is 5.41. The van der Waals surface area contributed by atoms with Gasteiger partial charge in [-0.25, -0.2) is 0 Å². The Hall–Kier alpha value is -2.77. The zero-order valence-corrected chi connectivity index (χ0v) is 11.3. The summed E-state index contributed by atoms with van der Waals surface area (Å²) in [5.74, 6) is -5.15. The molecule has 0 aliphatic heterocycles. The normalized spacial score (nSPS) is 10.4. The van der Waals surface area contributed by atoms with Crippen LogP contribution in [0.2, 0.25) is 0 Å². The molecule has 116 valence electrons. The predicted octanol–water partition coefficient (Wildman–Crippen LogP) is 3.60. The van der Waals surface area contributed by atoms with Crippen molar-refractivity contribution in [1.29, 1.82) is 0 Å². The predicted molar refractivity (Wildman–Crippen MR) is 70.3 cm³/mol. The summed E-state index contributed by atoms with van der Waals surface area (Å²) in [4.78, 5) is 9.12. The van der Waals surface area contributed by atoms with Crippen LogP contribution >= 0.6 is 0 Å². The SMILES string of the molecule is COc1ccc(COc2cc(F)c([N+](=O)[O-])c(F)c2F)cc1. The van der Waals surface area contributed by atoms with E-state index in [4.69, 9.17) is 9.47 Å². The van der Waals surface area contributed by atoms with E-state index in [0.717, 1.165) is 0 Å². The summed E-state index contributed by atoms with van der Waals surface area (Å²) in [6.45, 7) is -0.169. The lowest BCUT2D eigenvalue weighted by Gasteiger charge is -2.09. The lowest BCUT2D eigenvalue weighted by Crippen LogP contribution is -2.04. The molecule has 0 aliphatic rings. The van der Waals surface area contributed by atoms with Gasteiger partial charge in [0.15, 0.2) is 5.75 Å². The summed E-state index contributed by atoms with van der Waals surface area (Å²) in [6.07, 6.45) is 0. The monoisotopic (exact) mass is 313 g/mol. The van der Waals surface area contributed by atoms with Gasteiger partial charge in [0.2, 0.25) is 17.5 Å². The molecule has 2 aromatic carbocycles. The molecule has 0 saturated heterocycles. The molecule has 5 nitrogen and oxygen atoms in total. The van der Waals surface area contributed by atoms with Crippen molar-refractivity contribution in [1.82, 2.24) is 0 Å². The molecule has 0 atom stereocenters. The molecule has 0 radical (unpaired) electrons. The topological polar surface area (TPSA) is 61.6 Å². The van der Waals surface area contributed by atoms with Gasteiger partial charge in [-0.15, -0.1) is 0 Å². The minimum Gasteiger partial charge on any atom is -0.497 e. The van der Waals surface area contributed by atoms with Crippen LogP contribution in [0.25, 0.3) is 0 Å². The summed E-state index contributed by atoms with van der Waals surface area (Å²) < 4.78 is 50.4. The van der Waals surface area contributed by atoms with Crippen molar-refractivity contribution in [2.75, 3.05) is 7.11 Å². The maximum absolute atomic E-state index is 13.6. The number of ether oxygens (including phenoxy) is 2. The zero-order chi connectivity index (χ0) is 16.3. The number of hydrogen-bond acceptors (Lipinski definition) is 4. The van der Waals surface area contributed by atoms with E-state index in [1.165, 1.54) is 7.11 Å². The zero-order valence-electron chi connectivity index (χ0n) is 11.3. The standard InChI is InChI=1S/C14H10F3NO4/c1-21-9-4-2-8(3-5-9)7-22-11-6-10(15)14(18(19)20)13(17)12(11)16/h2-6H,7H2,1H3. The second-order valence-corrected chi connectivity index (χ2v) is 4.23. The molecule has 0 N–H and O–H groups in total. The van der Waals surface area contributed by atoms with Crippen LogP contribution in [0.1, 0.15) is 5.56 Å². The summed E-state index contributed by atoms with van der Waals surface area (Å²) in [5, 5.41) is 10.5. The molecular formula is C14H10F3NO4. The van der Waals surface area contributed by atoms with E-state index < -0.39 is 33.8 Å². The second kappa shape index (κ2) is 6.33. The molecule has 0 spiro atoms. The van der Waals surface area contributed by atoms with E-state index in [9.17, 15) is 23.3 Å². The molecule has 0 unspecified atom stereocenters. The highest BCUT2D eigenvalue weighted by Crippen LogP contribution is 2.31. The van der Waals surface area contributed by atoms with Crippen LogP contribution in [0, 0.1) is 27.6 Å². The third-order valence-corrected chi connectivity index (χ3v) is 2.84. The molecule has 2 rings (SSSR count). The summed E-state index contributed by atoms with van der Waals surface area (Å²) in [7, 11) is 1.49. The quantitative estimate of drug-likeness (QED) is 0.481. The molecule has 22 heavy (non-hydrogen) atoms. The highest BCUT2D eigenvalue weighted by atomic mass is 19.2. The number of halogens is 3. The van der Waals surface area contributed by atoms with Crippen LogP contribution in [-0.2, 0) is 6.61 Å². The number of methoxy groups -OCH3 is 1. The third-order valence-electron chi connectivity index (χ3n) is 2.84. The molecule has 0 amide bonds. The van der Waals surface area contributed by atoms with Gasteiger partial charge in [-0.05, 0) is 17.7 Å². The minimum atomic E-state index is -1.89. The Labute approximate surface area is 123 Å². The first kappa shape index (κ1) is 15.6. The van der Waals surface area contributed by atoms with Crippen molar-refractivity contribution in [3.05, 3.63) is 63.5 Å². The van der Waals surface area contributed by atoms with E-state index in [0.29, 0.717) is 17.4 Å². The molecule has 0 heterocycles. The van der Waals surface area contributed by atoms with Gasteiger partial charge in [-0.1, -0.05) is 12.1 Å². The van der Waals surface area contributed by atoms with Crippen LogP contribution in [-0.4, -0.2) is 12.0 Å². The smallest absolute Gasteiger partial charge is 0.343 e. The van der Waals surface area contributed by atoms with Gasteiger partial charge in [0, 0.05) is 6.07 Å². The molecule has 0 aromatic heterocycles. The fraction of sp³-hybridized carbons (Fsp3) is 0.143. The van der Waals surface area contributed by atoms with Gasteiger partial charge < -0.3 is 9.47 Å². The van der Waals surface area contributed by atoms with Gasteiger partial charge >= 0.3 is 5.69 Å². The number of hydrogen-bond donors (Lipinski definition) is 0. The number of nitro benzene ring substituents is 1. The Bertz CT molecular complexity index is 704. The van der Waals surface area contributed by atoms with Gasteiger partial charge in [0.05, 0.1) is 12.0 Å². The Balaban J connectivity index is 2.21. The number of benzene rings is 2. The molecule has 2 aromatic rings. The molecule has 0 fully saturated rings. The Morgan fingerprint density at radius 2 is 1.77 bits per heavy atom. The number of rotatable bonds is 5. The van der Waals surface area contributed by atoms with Gasteiger partial charge in [-0.2, -0.15) is 13.2 Å². The van der Waals surface area contributed by atoms with E-state index in [1.54, 1.807) is 24.3 Å². The Morgan fingerprint density at radius 3 is 2.32 bits per heavy atom. The molecular weight excluding hydrogens is 303 g/mol. The van der Waals surface area contributed by atoms with E-state index in [-0.39, 0.29) is 6.61 Å². The van der Waals surface area contributed by atoms with Crippen LogP contribution in [0.15, 0.2) is 30.3 Å². The molecule has 0 bridgehead atoms. The van der Waals surface area contributed by atoms with Crippen LogP contribution in [0.3, 0.4) is 0 Å². The lowest BCUT2D eigenvalue weighted by molar-refractivity contribution is -0.390. The first-order valence-electron chi connectivity index (χ1n) is 6.01. The van der Waals surface area contributed by atoms with Crippen molar-refractivity contribution in [2.45, 2.75) is 6.61 Å². The lowest BCUT2D eigenvalue weighted by atomic mass is 10.2. The maximum Gasteiger partial charge on any atom is 0.343 e. The maximum atomic E-state index is 13.6. The largest absolute Gasteiger partial charge is 0.497 e. The van der Waals surface area contributed by atoms with E-state index in [2.05, 4.69) is 0 Å². The summed E-state index contributed by atoms with van der Waals surface area (Å²) in [6, 6.07) is 6.95. The first-order chi connectivity index (χ1) is 10.4. The second-order valence-electron chi connectivity index (χ2n) is 4.23. The summed E-state index contributed by atoms with van der Waals surface area (Å²) >= 11 is 0. The average molecular weight is 313 g/mol. The summed E-state index contributed by atoms with van der Waals surface area (Å²) in [5.41, 5.74) is -0.950. The number of nitro groups is 1. The Kier molecular flexibility index (Phi) is 4.50. The fourth-order valence-electron chi connectivity index (χ4n) is 1.72. The van der Waals surface area contributed by atoms with Crippen LogP contribution in [0.5, 0.6) is 11.5 Å². The van der Waals surface area contributed by atoms with E-state index in [1.807, 2.05) is 0 Å². The number of nitrogens with zero attached hydrogens (tertiary/aromatic N) is 1. The van der Waals surface area contributed by atoms with Crippen molar-refractivity contribution in [3.8, 4) is 11.5 Å². The fourth-order valence-corrected chi connectivity index (χ4v) is 1.72.